The Hall–Kier alpha value is -2.99. The molecule has 200 valence electrons. The van der Waals surface area contributed by atoms with Gasteiger partial charge < -0.3 is 14.9 Å². The summed E-state index contributed by atoms with van der Waals surface area (Å²) in [6.07, 6.45) is -0.299. The first-order chi connectivity index (χ1) is 17.2. The highest BCUT2D eigenvalue weighted by atomic mass is 32.2. The summed E-state index contributed by atoms with van der Waals surface area (Å²) in [7, 11) is -2.51. The summed E-state index contributed by atoms with van der Waals surface area (Å²) < 4.78 is 55.2. The maximum atomic E-state index is 13.5. The number of carbonyl (C=O) groups is 1. The monoisotopic (exact) mass is 535 g/mol. The van der Waals surface area contributed by atoms with Crippen molar-refractivity contribution in [3.63, 3.8) is 0 Å². The van der Waals surface area contributed by atoms with Crippen LogP contribution in [0.2, 0.25) is 0 Å². The predicted molar refractivity (Wildman–Crippen MR) is 137 cm³/mol. The number of piperazine rings is 1. The topological polar surface area (TPSA) is 97.3 Å². The molecular formula is C25H31F2N5O4S. The third kappa shape index (κ3) is 4.50. The zero-order valence-corrected chi connectivity index (χ0v) is 22.1. The van der Waals surface area contributed by atoms with Gasteiger partial charge in [-0.3, -0.25) is 13.4 Å². The Balaban J connectivity index is 1.39. The minimum absolute atomic E-state index is 0.249. The molecule has 1 aromatic heterocycles. The number of carbonyl (C=O) groups excluding carboxylic acids is 1. The highest BCUT2D eigenvalue weighted by Gasteiger charge is 2.59. The number of aliphatic hydroxyl groups is 1. The molecule has 1 aliphatic carbocycles. The number of aryl methyl sites for hydroxylation is 1. The summed E-state index contributed by atoms with van der Waals surface area (Å²) in [4.78, 5) is 21.0. The van der Waals surface area contributed by atoms with E-state index in [-0.39, 0.29) is 18.9 Å². The van der Waals surface area contributed by atoms with Crippen LogP contribution in [0.5, 0.6) is 0 Å². The molecule has 1 N–H and O–H groups in total. The van der Waals surface area contributed by atoms with Crippen molar-refractivity contribution in [1.29, 1.82) is 0 Å². The Kier molecular flexibility index (Phi) is 5.91. The number of nitrogens with zero attached hydrogens (tertiary/aromatic N) is 5. The molecule has 1 saturated heterocycles. The molecule has 1 aromatic carbocycles. The standard InChI is InChI=1S/C25H31F2N5O4S/c1-16-5-8-21(30-9-11-31(12-10-30)23(33)24(2,3)34)28-22(16)17-6-7-19-20(13-17)29(4)37(35,36)32(19)15-18-14-25(18,26)27/h5-8,13,18,34H,9-12,14-15H2,1-4H3. The van der Waals surface area contributed by atoms with Gasteiger partial charge in [0.05, 0.1) is 17.1 Å². The molecule has 37 heavy (non-hydrogen) atoms. The van der Waals surface area contributed by atoms with Gasteiger partial charge in [0.2, 0.25) is 0 Å². The summed E-state index contributed by atoms with van der Waals surface area (Å²) in [6.45, 7) is 6.68. The number of hydrogen-bond acceptors (Lipinski definition) is 6. The lowest BCUT2D eigenvalue weighted by Crippen LogP contribution is -2.54. The number of hydrogen-bond donors (Lipinski definition) is 1. The van der Waals surface area contributed by atoms with Crippen LogP contribution in [0.3, 0.4) is 0 Å². The van der Waals surface area contributed by atoms with Crippen molar-refractivity contribution in [2.45, 2.75) is 38.7 Å². The summed E-state index contributed by atoms with van der Waals surface area (Å²) in [5, 5.41) is 10.0. The Morgan fingerprint density at radius 3 is 2.38 bits per heavy atom. The number of benzene rings is 1. The number of fused-ring (bicyclic) bond motifs is 1. The molecule has 12 heteroatoms. The van der Waals surface area contributed by atoms with Crippen molar-refractivity contribution >= 4 is 33.3 Å². The van der Waals surface area contributed by atoms with Crippen LogP contribution in [-0.4, -0.2) is 80.6 Å². The van der Waals surface area contributed by atoms with E-state index in [4.69, 9.17) is 4.98 Å². The summed E-state index contributed by atoms with van der Waals surface area (Å²) in [5.74, 6) is -3.36. The van der Waals surface area contributed by atoms with E-state index < -0.39 is 27.7 Å². The van der Waals surface area contributed by atoms with Gasteiger partial charge in [0.1, 0.15) is 11.4 Å². The van der Waals surface area contributed by atoms with E-state index in [1.165, 1.54) is 20.9 Å². The molecule has 0 radical (unpaired) electrons. The van der Waals surface area contributed by atoms with Crippen molar-refractivity contribution in [1.82, 2.24) is 9.88 Å². The lowest BCUT2D eigenvalue weighted by molar-refractivity contribution is -0.148. The van der Waals surface area contributed by atoms with Crippen molar-refractivity contribution in [2.24, 2.45) is 5.92 Å². The Morgan fingerprint density at radius 2 is 1.78 bits per heavy atom. The lowest BCUT2D eigenvalue weighted by atomic mass is 10.0. The lowest BCUT2D eigenvalue weighted by Gasteiger charge is -2.37. The smallest absolute Gasteiger partial charge is 0.326 e. The normalized spacial score (nSPS) is 22.3. The molecule has 1 amide bonds. The third-order valence-electron chi connectivity index (χ3n) is 7.32. The zero-order valence-electron chi connectivity index (χ0n) is 21.3. The van der Waals surface area contributed by atoms with Crippen LogP contribution in [0.15, 0.2) is 30.3 Å². The molecule has 5 rings (SSSR count). The Labute approximate surface area is 215 Å². The van der Waals surface area contributed by atoms with Crippen LogP contribution in [0.4, 0.5) is 26.0 Å². The molecule has 3 aliphatic rings. The zero-order chi connectivity index (χ0) is 26.9. The van der Waals surface area contributed by atoms with Gasteiger partial charge in [-0.15, -0.1) is 0 Å². The molecule has 3 heterocycles. The van der Waals surface area contributed by atoms with Crippen LogP contribution in [0.1, 0.15) is 25.8 Å². The van der Waals surface area contributed by atoms with Crippen LogP contribution in [-0.2, 0) is 15.0 Å². The fourth-order valence-corrected chi connectivity index (χ4v) is 6.36. The quantitative estimate of drug-likeness (QED) is 0.633. The third-order valence-corrected chi connectivity index (χ3v) is 9.11. The van der Waals surface area contributed by atoms with Gasteiger partial charge in [0.15, 0.2) is 0 Å². The summed E-state index contributed by atoms with van der Waals surface area (Å²) in [6, 6.07) is 9.01. The number of amides is 1. The van der Waals surface area contributed by atoms with Crippen LogP contribution in [0.25, 0.3) is 11.3 Å². The van der Waals surface area contributed by atoms with Crippen LogP contribution in [0, 0.1) is 12.8 Å². The number of halogens is 2. The van der Waals surface area contributed by atoms with E-state index in [1.54, 1.807) is 23.1 Å². The van der Waals surface area contributed by atoms with E-state index in [9.17, 15) is 27.1 Å². The van der Waals surface area contributed by atoms with E-state index >= 15 is 0 Å². The highest BCUT2D eigenvalue weighted by molar-refractivity contribution is 7.94. The molecule has 0 spiro atoms. The number of aromatic nitrogens is 1. The van der Waals surface area contributed by atoms with Gasteiger partial charge in [-0.25, -0.2) is 13.8 Å². The first-order valence-electron chi connectivity index (χ1n) is 12.2. The molecule has 1 saturated carbocycles. The second-order valence-electron chi connectivity index (χ2n) is 10.5. The highest BCUT2D eigenvalue weighted by Crippen LogP contribution is 2.51. The van der Waals surface area contributed by atoms with E-state index in [0.29, 0.717) is 43.2 Å². The Bertz CT molecular complexity index is 1350. The second-order valence-corrected chi connectivity index (χ2v) is 12.4. The summed E-state index contributed by atoms with van der Waals surface area (Å²) >= 11 is 0. The van der Waals surface area contributed by atoms with Crippen molar-refractivity contribution < 1.29 is 27.1 Å². The van der Waals surface area contributed by atoms with Crippen LogP contribution >= 0.6 is 0 Å². The second kappa shape index (κ2) is 8.52. The fourth-order valence-electron chi connectivity index (χ4n) is 4.90. The van der Waals surface area contributed by atoms with E-state index in [0.717, 1.165) is 25.6 Å². The first kappa shape index (κ1) is 25.7. The maximum Gasteiger partial charge on any atom is 0.326 e. The van der Waals surface area contributed by atoms with Gasteiger partial charge in [0, 0.05) is 57.7 Å². The molecule has 2 fully saturated rings. The fraction of sp³-hybridized carbons (Fsp3) is 0.520. The van der Waals surface area contributed by atoms with Crippen LogP contribution < -0.4 is 13.5 Å². The SMILES string of the molecule is Cc1ccc(N2CCN(C(=O)C(C)(C)O)CC2)nc1-c1ccc2c(c1)N(C)S(=O)(=O)N2CC1CC1(F)F. The Morgan fingerprint density at radius 1 is 1.14 bits per heavy atom. The molecule has 1 unspecified atom stereocenters. The molecule has 2 aliphatic heterocycles. The van der Waals surface area contributed by atoms with Crippen molar-refractivity contribution in [2.75, 3.05) is 53.3 Å². The van der Waals surface area contributed by atoms with Gasteiger partial charge in [-0.1, -0.05) is 12.1 Å². The predicted octanol–water partition coefficient (Wildman–Crippen LogP) is 2.63. The number of pyridine rings is 1. The molecule has 1 atom stereocenters. The first-order valence-corrected chi connectivity index (χ1v) is 13.6. The van der Waals surface area contributed by atoms with E-state index in [2.05, 4.69) is 4.90 Å². The molecular weight excluding hydrogens is 504 g/mol. The van der Waals surface area contributed by atoms with E-state index in [1.807, 2.05) is 19.1 Å². The number of alkyl halides is 2. The largest absolute Gasteiger partial charge is 0.381 e. The van der Waals surface area contributed by atoms with Crippen molar-refractivity contribution in [3.8, 4) is 11.3 Å². The van der Waals surface area contributed by atoms with Gasteiger partial charge >= 0.3 is 10.2 Å². The average Bonchev–Trinajstić information content (AvgIpc) is 3.41. The summed E-state index contributed by atoms with van der Waals surface area (Å²) in [5.41, 5.74) is 1.70. The average molecular weight is 536 g/mol. The minimum Gasteiger partial charge on any atom is -0.381 e. The van der Waals surface area contributed by atoms with Crippen molar-refractivity contribution in [3.05, 3.63) is 35.9 Å². The van der Waals surface area contributed by atoms with Gasteiger partial charge in [0.25, 0.3) is 11.8 Å². The molecule has 2 aromatic rings. The number of anilines is 3. The minimum atomic E-state index is -3.93. The maximum absolute atomic E-state index is 13.5. The van der Waals surface area contributed by atoms with Gasteiger partial charge in [-0.2, -0.15) is 8.42 Å². The number of rotatable bonds is 5. The molecule has 0 bridgehead atoms. The van der Waals surface area contributed by atoms with Gasteiger partial charge in [-0.05, 0) is 44.5 Å². The molecule has 9 nitrogen and oxygen atoms in total.